The fourth-order valence-corrected chi connectivity index (χ4v) is 3.75. The SMILES string of the molecule is CCC(N)C(c1ccsc1)N1CC(C)CCC1C. The highest BCUT2D eigenvalue weighted by atomic mass is 32.1. The lowest BCUT2D eigenvalue weighted by Gasteiger charge is -2.44. The highest BCUT2D eigenvalue weighted by molar-refractivity contribution is 7.07. The van der Waals surface area contributed by atoms with Gasteiger partial charge < -0.3 is 5.73 Å². The molecule has 4 unspecified atom stereocenters. The van der Waals surface area contributed by atoms with E-state index < -0.39 is 0 Å². The molecule has 2 nitrogen and oxygen atoms in total. The second kappa shape index (κ2) is 6.18. The first-order valence-corrected chi connectivity index (χ1v) is 8.11. The van der Waals surface area contributed by atoms with Gasteiger partial charge in [0.2, 0.25) is 0 Å². The summed E-state index contributed by atoms with van der Waals surface area (Å²) in [5.74, 6) is 0.798. The van der Waals surface area contributed by atoms with Gasteiger partial charge >= 0.3 is 0 Å². The number of hydrogen-bond acceptors (Lipinski definition) is 3. The Labute approximate surface area is 115 Å². The van der Waals surface area contributed by atoms with Crippen molar-refractivity contribution in [3.05, 3.63) is 22.4 Å². The van der Waals surface area contributed by atoms with Crippen LogP contribution < -0.4 is 5.73 Å². The van der Waals surface area contributed by atoms with Crippen LogP contribution in [0.2, 0.25) is 0 Å². The Kier molecular flexibility index (Phi) is 4.82. The van der Waals surface area contributed by atoms with Crippen LogP contribution in [0.5, 0.6) is 0 Å². The van der Waals surface area contributed by atoms with E-state index >= 15 is 0 Å². The molecule has 1 saturated heterocycles. The van der Waals surface area contributed by atoms with Crippen LogP contribution >= 0.6 is 11.3 Å². The van der Waals surface area contributed by atoms with Gasteiger partial charge in [-0.25, -0.2) is 0 Å². The molecule has 2 rings (SSSR count). The number of rotatable bonds is 4. The van der Waals surface area contributed by atoms with Gasteiger partial charge in [0, 0.05) is 18.6 Å². The van der Waals surface area contributed by atoms with E-state index in [1.165, 1.54) is 24.9 Å². The molecule has 18 heavy (non-hydrogen) atoms. The largest absolute Gasteiger partial charge is 0.326 e. The maximum atomic E-state index is 6.41. The zero-order valence-electron chi connectivity index (χ0n) is 11.8. The molecule has 0 radical (unpaired) electrons. The minimum Gasteiger partial charge on any atom is -0.326 e. The minimum atomic E-state index is 0.243. The second-order valence-electron chi connectivity index (χ2n) is 5.80. The van der Waals surface area contributed by atoms with E-state index in [1.807, 2.05) is 0 Å². The molecule has 102 valence electrons. The topological polar surface area (TPSA) is 29.3 Å². The smallest absolute Gasteiger partial charge is 0.0510 e. The predicted molar refractivity (Wildman–Crippen MR) is 79.9 cm³/mol. The Morgan fingerprint density at radius 1 is 1.44 bits per heavy atom. The third-order valence-electron chi connectivity index (χ3n) is 4.28. The van der Waals surface area contributed by atoms with Crippen LogP contribution in [-0.4, -0.2) is 23.5 Å². The van der Waals surface area contributed by atoms with E-state index in [-0.39, 0.29) is 6.04 Å². The average Bonchev–Trinajstić information content (AvgIpc) is 2.87. The molecule has 0 bridgehead atoms. The standard InChI is InChI=1S/C15H26N2S/c1-4-14(16)15(13-7-8-18-10-13)17-9-11(2)5-6-12(17)3/h7-8,10-12,14-15H,4-6,9,16H2,1-3H3. The van der Waals surface area contributed by atoms with Crippen LogP contribution in [0.4, 0.5) is 0 Å². The summed E-state index contributed by atoms with van der Waals surface area (Å²) in [5.41, 5.74) is 7.82. The highest BCUT2D eigenvalue weighted by Gasteiger charge is 2.32. The van der Waals surface area contributed by atoms with Crippen LogP contribution in [0.1, 0.15) is 51.6 Å². The van der Waals surface area contributed by atoms with Crippen molar-refractivity contribution in [2.24, 2.45) is 11.7 Å². The number of nitrogens with two attached hydrogens (primary N) is 1. The molecule has 1 fully saturated rings. The first kappa shape index (κ1) is 14.0. The number of nitrogens with zero attached hydrogens (tertiary/aromatic N) is 1. The summed E-state index contributed by atoms with van der Waals surface area (Å²) in [7, 11) is 0. The maximum absolute atomic E-state index is 6.41. The molecule has 1 aromatic rings. The van der Waals surface area contributed by atoms with E-state index in [0.29, 0.717) is 12.1 Å². The van der Waals surface area contributed by atoms with Gasteiger partial charge in [0.25, 0.3) is 0 Å². The molecule has 3 heteroatoms. The first-order valence-electron chi connectivity index (χ1n) is 7.16. The Morgan fingerprint density at radius 2 is 2.22 bits per heavy atom. The van der Waals surface area contributed by atoms with Crippen molar-refractivity contribution in [2.45, 2.75) is 58.2 Å². The molecule has 0 spiro atoms. The van der Waals surface area contributed by atoms with Crippen LogP contribution in [0.25, 0.3) is 0 Å². The number of thiophene rings is 1. The molecule has 2 N–H and O–H groups in total. The zero-order chi connectivity index (χ0) is 13.1. The van der Waals surface area contributed by atoms with E-state index in [0.717, 1.165) is 12.3 Å². The van der Waals surface area contributed by atoms with Crippen molar-refractivity contribution in [3.63, 3.8) is 0 Å². The normalized spacial score (nSPS) is 29.1. The number of hydrogen-bond donors (Lipinski definition) is 1. The predicted octanol–water partition coefficient (Wildman–Crippen LogP) is 3.65. The lowest BCUT2D eigenvalue weighted by Crippen LogP contribution is -2.49. The summed E-state index contributed by atoms with van der Waals surface area (Å²) < 4.78 is 0. The third-order valence-corrected chi connectivity index (χ3v) is 4.99. The molecule has 2 heterocycles. The van der Waals surface area contributed by atoms with Crippen molar-refractivity contribution in [1.82, 2.24) is 4.90 Å². The van der Waals surface area contributed by atoms with Gasteiger partial charge in [-0.1, -0.05) is 13.8 Å². The fourth-order valence-electron chi connectivity index (χ4n) is 3.06. The van der Waals surface area contributed by atoms with Gasteiger partial charge in [0.05, 0.1) is 6.04 Å². The zero-order valence-corrected chi connectivity index (χ0v) is 12.6. The van der Waals surface area contributed by atoms with Crippen LogP contribution in [0.15, 0.2) is 16.8 Å². The maximum Gasteiger partial charge on any atom is 0.0510 e. The van der Waals surface area contributed by atoms with Gasteiger partial charge in [-0.05, 0) is 54.5 Å². The fraction of sp³-hybridized carbons (Fsp3) is 0.733. The number of piperidine rings is 1. The molecule has 0 aliphatic carbocycles. The third kappa shape index (κ3) is 2.95. The molecular formula is C15H26N2S. The quantitative estimate of drug-likeness (QED) is 0.901. The minimum absolute atomic E-state index is 0.243. The monoisotopic (exact) mass is 266 g/mol. The van der Waals surface area contributed by atoms with Crippen molar-refractivity contribution in [3.8, 4) is 0 Å². The van der Waals surface area contributed by atoms with Crippen LogP contribution in [-0.2, 0) is 0 Å². The van der Waals surface area contributed by atoms with Crippen LogP contribution in [0, 0.1) is 5.92 Å². The Morgan fingerprint density at radius 3 is 2.83 bits per heavy atom. The van der Waals surface area contributed by atoms with Gasteiger partial charge in [-0.15, -0.1) is 0 Å². The number of likely N-dealkylation sites (tertiary alicyclic amines) is 1. The summed E-state index contributed by atoms with van der Waals surface area (Å²) in [4.78, 5) is 2.64. The summed E-state index contributed by atoms with van der Waals surface area (Å²) in [6.07, 6.45) is 3.70. The van der Waals surface area contributed by atoms with Crippen LogP contribution in [0.3, 0.4) is 0 Å². The molecule has 1 aliphatic heterocycles. The van der Waals surface area contributed by atoms with E-state index in [1.54, 1.807) is 11.3 Å². The first-order chi connectivity index (χ1) is 8.63. The Balaban J connectivity index is 2.22. The lowest BCUT2D eigenvalue weighted by molar-refractivity contribution is 0.0627. The van der Waals surface area contributed by atoms with Gasteiger partial charge in [0.1, 0.15) is 0 Å². The average molecular weight is 266 g/mol. The lowest BCUT2D eigenvalue weighted by atomic mass is 9.89. The molecule has 0 amide bonds. The molecule has 1 aromatic heterocycles. The summed E-state index contributed by atoms with van der Waals surface area (Å²) >= 11 is 1.78. The van der Waals surface area contributed by atoms with Gasteiger partial charge in [0.15, 0.2) is 0 Å². The second-order valence-corrected chi connectivity index (χ2v) is 6.58. The molecule has 0 saturated carbocycles. The van der Waals surface area contributed by atoms with Crippen molar-refractivity contribution >= 4 is 11.3 Å². The van der Waals surface area contributed by atoms with Gasteiger partial charge in [-0.3, -0.25) is 4.90 Å². The molecule has 1 aliphatic rings. The van der Waals surface area contributed by atoms with E-state index in [2.05, 4.69) is 42.5 Å². The Bertz CT molecular complexity index is 349. The van der Waals surface area contributed by atoms with E-state index in [9.17, 15) is 0 Å². The highest BCUT2D eigenvalue weighted by Crippen LogP contribution is 2.34. The summed E-state index contributed by atoms with van der Waals surface area (Å²) in [6, 6.07) is 3.55. The Hall–Kier alpha value is -0.380. The molecule has 0 aromatic carbocycles. The summed E-state index contributed by atoms with van der Waals surface area (Å²) in [6.45, 7) is 8.10. The van der Waals surface area contributed by atoms with Crippen molar-refractivity contribution in [1.29, 1.82) is 0 Å². The summed E-state index contributed by atoms with van der Waals surface area (Å²) in [5, 5.41) is 4.44. The van der Waals surface area contributed by atoms with Gasteiger partial charge in [-0.2, -0.15) is 11.3 Å². The molecule has 4 atom stereocenters. The van der Waals surface area contributed by atoms with Crippen molar-refractivity contribution < 1.29 is 0 Å². The van der Waals surface area contributed by atoms with Crippen molar-refractivity contribution in [2.75, 3.05) is 6.54 Å². The molecular weight excluding hydrogens is 240 g/mol. The van der Waals surface area contributed by atoms with E-state index in [4.69, 9.17) is 5.73 Å².